The van der Waals surface area contributed by atoms with Crippen molar-refractivity contribution < 1.29 is 17.9 Å². The number of hydrogen-bond donors (Lipinski definition) is 1. The highest BCUT2D eigenvalue weighted by Crippen LogP contribution is 2.33. The van der Waals surface area contributed by atoms with Crippen molar-refractivity contribution >= 4 is 38.9 Å². The maximum Gasteiger partial charge on any atom is 0.221 e. The summed E-state index contributed by atoms with van der Waals surface area (Å²) < 4.78 is 28.6. The maximum atomic E-state index is 11.5. The molecule has 0 fully saturated rings. The summed E-state index contributed by atoms with van der Waals surface area (Å²) in [5, 5.41) is 0.520. The van der Waals surface area contributed by atoms with Crippen molar-refractivity contribution in [1.29, 1.82) is 0 Å². The second-order valence-corrected chi connectivity index (χ2v) is 7.76. The first-order valence-corrected chi connectivity index (χ1v) is 9.05. The molecular weight excluding hydrogens is 361 g/mol. The first kappa shape index (κ1) is 17.6. The Morgan fingerprint density at radius 3 is 2.43 bits per heavy atom. The molecule has 2 aromatic carbocycles. The van der Waals surface area contributed by atoms with E-state index < -0.39 is 15.7 Å². The number of nitrogens with two attached hydrogens (primary N) is 1. The van der Waals surface area contributed by atoms with Crippen LogP contribution in [0.3, 0.4) is 0 Å². The standard InChI is InChI=1S/C15H13Cl2NO4S/c1-23(20,21)12-2-3-14(13(17)8-12)22-11-5-9(6-15(18)19)4-10(16)7-11/h2-5,7-8H,6H2,1H3,(H2,18,19). The quantitative estimate of drug-likeness (QED) is 0.871. The van der Waals surface area contributed by atoms with Crippen LogP contribution in [-0.2, 0) is 21.1 Å². The number of benzene rings is 2. The zero-order valence-electron chi connectivity index (χ0n) is 12.0. The Hall–Kier alpha value is -1.76. The van der Waals surface area contributed by atoms with Gasteiger partial charge in [-0.25, -0.2) is 8.42 Å². The normalized spacial score (nSPS) is 11.3. The highest BCUT2D eigenvalue weighted by Gasteiger charge is 2.12. The van der Waals surface area contributed by atoms with E-state index in [-0.39, 0.29) is 22.1 Å². The van der Waals surface area contributed by atoms with Gasteiger partial charge in [-0.3, -0.25) is 4.79 Å². The highest BCUT2D eigenvalue weighted by molar-refractivity contribution is 7.90. The van der Waals surface area contributed by atoms with E-state index in [0.717, 1.165) is 6.26 Å². The number of rotatable bonds is 5. The van der Waals surface area contributed by atoms with E-state index in [9.17, 15) is 13.2 Å². The fourth-order valence-corrected chi connectivity index (χ4v) is 3.08. The van der Waals surface area contributed by atoms with Gasteiger partial charge < -0.3 is 10.5 Å². The molecule has 5 nitrogen and oxygen atoms in total. The number of sulfone groups is 1. The molecule has 0 aliphatic rings. The summed E-state index contributed by atoms with van der Waals surface area (Å²) in [4.78, 5) is 11.1. The Bertz CT molecular complexity index is 866. The van der Waals surface area contributed by atoms with E-state index in [0.29, 0.717) is 16.3 Å². The first-order valence-electron chi connectivity index (χ1n) is 6.40. The van der Waals surface area contributed by atoms with Crippen LogP contribution < -0.4 is 10.5 Å². The maximum absolute atomic E-state index is 11.5. The SMILES string of the molecule is CS(=O)(=O)c1ccc(Oc2cc(Cl)cc(CC(N)=O)c2)c(Cl)c1. The van der Waals surface area contributed by atoms with E-state index in [2.05, 4.69) is 0 Å². The number of ether oxygens (including phenoxy) is 1. The minimum absolute atomic E-state index is 0.0255. The van der Waals surface area contributed by atoms with Crippen molar-refractivity contribution in [2.24, 2.45) is 5.73 Å². The van der Waals surface area contributed by atoms with Crippen molar-refractivity contribution in [1.82, 2.24) is 0 Å². The van der Waals surface area contributed by atoms with Crippen molar-refractivity contribution in [3.8, 4) is 11.5 Å². The van der Waals surface area contributed by atoms with Gasteiger partial charge in [0.15, 0.2) is 9.84 Å². The smallest absolute Gasteiger partial charge is 0.221 e. The van der Waals surface area contributed by atoms with Crippen LogP contribution in [0.4, 0.5) is 0 Å². The molecule has 2 aromatic rings. The lowest BCUT2D eigenvalue weighted by molar-refractivity contribution is -0.117. The average molecular weight is 374 g/mol. The number of carbonyl (C=O) groups excluding carboxylic acids is 1. The van der Waals surface area contributed by atoms with Gasteiger partial charge in [-0.05, 0) is 42.0 Å². The molecule has 8 heteroatoms. The van der Waals surface area contributed by atoms with Crippen molar-refractivity contribution in [3.05, 3.63) is 52.0 Å². The van der Waals surface area contributed by atoms with E-state index >= 15 is 0 Å². The third-order valence-electron chi connectivity index (χ3n) is 2.87. The number of carbonyl (C=O) groups is 1. The third kappa shape index (κ3) is 4.86. The van der Waals surface area contributed by atoms with Gasteiger partial charge in [0, 0.05) is 11.3 Å². The molecule has 0 saturated heterocycles. The molecule has 0 spiro atoms. The van der Waals surface area contributed by atoms with Crippen molar-refractivity contribution in [3.63, 3.8) is 0 Å². The summed E-state index contributed by atoms with van der Waals surface area (Å²) in [5.74, 6) is 0.142. The minimum Gasteiger partial charge on any atom is -0.456 e. The highest BCUT2D eigenvalue weighted by atomic mass is 35.5. The molecule has 0 aliphatic carbocycles. The van der Waals surface area contributed by atoms with Gasteiger partial charge in [-0.1, -0.05) is 23.2 Å². The fourth-order valence-electron chi connectivity index (χ4n) is 1.90. The lowest BCUT2D eigenvalue weighted by Gasteiger charge is -2.10. The summed E-state index contributed by atoms with van der Waals surface area (Å²) in [6.45, 7) is 0. The van der Waals surface area contributed by atoms with Gasteiger partial charge >= 0.3 is 0 Å². The summed E-state index contributed by atoms with van der Waals surface area (Å²) >= 11 is 12.0. The Balaban J connectivity index is 2.32. The summed E-state index contributed by atoms with van der Waals surface area (Å²) in [5.41, 5.74) is 5.76. The van der Waals surface area contributed by atoms with E-state index in [1.54, 1.807) is 18.2 Å². The number of amides is 1. The minimum atomic E-state index is -3.35. The van der Waals surface area contributed by atoms with Gasteiger partial charge in [0.25, 0.3) is 0 Å². The van der Waals surface area contributed by atoms with Crippen molar-refractivity contribution in [2.75, 3.05) is 6.26 Å². The van der Waals surface area contributed by atoms with E-state index in [1.807, 2.05) is 0 Å². The molecule has 2 rings (SSSR count). The van der Waals surface area contributed by atoms with Gasteiger partial charge in [-0.15, -0.1) is 0 Å². The van der Waals surface area contributed by atoms with Crippen LogP contribution in [0, 0.1) is 0 Å². The summed E-state index contributed by atoms with van der Waals surface area (Å²) in [7, 11) is -3.35. The monoisotopic (exact) mass is 373 g/mol. The number of primary amides is 1. The molecule has 0 radical (unpaired) electrons. The van der Waals surface area contributed by atoms with Crippen molar-refractivity contribution in [2.45, 2.75) is 11.3 Å². The Morgan fingerprint density at radius 2 is 1.87 bits per heavy atom. The molecule has 0 atom stereocenters. The third-order valence-corrected chi connectivity index (χ3v) is 4.49. The van der Waals surface area contributed by atoms with Gasteiger partial charge in [-0.2, -0.15) is 0 Å². The molecule has 0 bridgehead atoms. The molecule has 2 N–H and O–H groups in total. The molecule has 0 unspecified atom stereocenters. The lowest BCUT2D eigenvalue weighted by Crippen LogP contribution is -2.13. The Morgan fingerprint density at radius 1 is 1.17 bits per heavy atom. The number of hydrogen-bond acceptors (Lipinski definition) is 4. The molecule has 1 amide bonds. The van der Waals surface area contributed by atoms with Crippen LogP contribution in [-0.4, -0.2) is 20.6 Å². The van der Waals surface area contributed by atoms with Crippen LogP contribution in [0.1, 0.15) is 5.56 Å². The molecule has 0 aliphatic heterocycles. The molecule has 0 heterocycles. The number of halogens is 2. The second-order valence-electron chi connectivity index (χ2n) is 4.90. The zero-order valence-corrected chi connectivity index (χ0v) is 14.4. The summed E-state index contributed by atoms with van der Waals surface area (Å²) in [6.07, 6.45) is 1.12. The molecule has 23 heavy (non-hydrogen) atoms. The fraction of sp³-hybridized carbons (Fsp3) is 0.133. The Labute approximate surface area is 143 Å². The van der Waals surface area contributed by atoms with Gasteiger partial charge in [0.2, 0.25) is 5.91 Å². The summed E-state index contributed by atoms with van der Waals surface area (Å²) in [6, 6.07) is 8.91. The first-order chi connectivity index (χ1) is 10.6. The topological polar surface area (TPSA) is 86.5 Å². The van der Waals surface area contributed by atoms with E-state index in [1.165, 1.54) is 18.2 Å². The predicted octanol–water partition coefficient (Wildman–Crippen LogP) is 3.22. The Kier molecular flexibility index (Phi) is 5.19. The average Bonchev–Trinajstić information content (AvgIpc) is 2.38. The van der Waals surface area contributed by atoms with Gasteiger partial charge in [0.05, 0.1) is 16.3 Å². The van der Waals surface area contributed by atoms with Crippen LogP contribution in [0.25, 0.3) is 0 Å². The lowest BCUT2D eigenvalue weighted by atomic mass is 10.1. The second kappa shape index (κ2) is 6.78. The molecule has 0 saturated carbocycles. The zero-order chi connectivity index (χ0) is 17.2. The molecular formula is C15H13Cl2NO4S. The largest absolute Gasteiger partial charge is 0.456 e. The molecule has 0 aromatic heterocycles. The van der Waals surface area contributed by atoms with Crippen LogP contribution in [0.5, 0.6) is 11.5 Å². The van der Waals surface area contributed by atoms with Crippen LogP contribution >= 0.6 is 23.2 Å². The predicted molar refractivity (Wildman–Crippen MR) is 89.0 cm³/mol. The van der Waals surface area contributed by atoms with Gasteiger partial charge in [0.1, 0.15) is 11.5 Å². The van der Waals surface area contributed by atoms with Crippen LogP contribution in [0.15, 0.2) is 41.3 Å². The molecule has 122 valence electrons. The van der Waals surface area contributed by atoms with Crippen LogP contribution in [0.2, 0.25) is 10.0 Å². The van der Waals surface area contributed by atoms with E-state index in [4.69, 9.17) is 33.7 Å².